The van der Waals surface area contributed by atoms with Crippen molar-refractivity contribution in [3.63, 3.8) is 0 Å². The lowest BCUT2D eigenvalue weighted by atomic mass is 10.2. The van der Waals surface area contributed by atoms with Crippen LogP contribution in [0.25, 0.3) is 0 Å². The molecule has 0 radical (unpaired) electrons. The molecule has 0 heterocycles. The Morgan fingerprint density at radius 1 is 0.581 bits per heavy atom. The lowest BCUT2D eigenvalue weighted by Gasteiger charge is -2.34. The zero-order chi connectivity index (χ0) is 21.9. The fourth-order valence-corrected chi connectivity index (χ4v) is 8.91. The minimum Gasteiger partial charge on any atom is -0.258 e. The number of halogens is 1. The number of rotatable bonds is 6. The highest BCUT2D eigenvalue weighted by molar-refractivity contribution is 8.32. The third kappa shape index (κ3) is 4.41. The second kappa shape index (κ2) is 8.89. The van der Waals surface area contributed by atoms with Gasteiger partial charge in [0.05, 0.1) is 25.0 Å². The van der Waals surface area contributed by atoms with E-state index in [0.29, 0.717) is 5.02 Å². The number of hydrogen-bond acceptors (Lipinski definition) is 2. The van der Waals surface area contributed by atoms with Crippen LogP contribution < -0.4 is 0 Å². The van der Waals surface area contributed by atoms with Crippen LogP contribution in [0.2, 0.25) is 5.02 Å². The van der Waals surface area contributed by atoms with Gasteiger partial charge in [0, 0.05) is 5.02 Å². The van der Waals surface area contributed by atoms with Crippen LogP contribution in [-0.2, 0) is 10.1 Å². The van der Waals surface area contributed by atoms with Crippen molar-refractivity contribution in [2.24, 2.45) is 0 Å². The van der Waals surface area contributed by atoms with E-state index in [2.05, 4.69) is 0 Å². The Morgan fingerprint density at radius 2 is 1.00 bits per heavy atom. The first-order valence-corrected chi connectivity index (χ1v) is 13.1. The van der Waals surface area contributed by atoms with Crippen LogP contribution in [0.3, 0.4) is 0 Å². The summed E-state index contributed by atoms with van der Waals surface area (Å²) in [5, 5.41) is 0.583. The quantitative estimate of drug-likeness (QED) is 0.219. The van der Waals surface area contributed by atoms with Gasteiger partial charge in [0.25, 0.3) is 0 Å². The summed E-state index contributed by atoms with van der Waals surface area (Å²) in [6, 6.07) is 33.3. The van der Waals surface area contributed by atoms with Gasteiger partial charge in [-0.05, 0) is 67.6 Å². The minimum absolute atomic E-state index is 0.177. The molecule has 0 spiro atoms. The van der Waals surface area contributed by atoms with Crippen molar-refractivity contribution < 1.29 is 12.0 Å². The first-order chi connectivity index (χ1) is 14.9. The number of hydrogen-bond donors (Lipinski definition) is 0. The van der Waals surface area contributed by atoms with Crippen LogP contribution in [-0.4, -0.2) is 12.0 Å². The molecule has 3 nitrogen and oxygen atoms in total. The number of aryl methyl sites for hydroxylation is 1. The Balaban J connectivity index is 2.00. The van der Waals surface area contributed by atoms with E-state index in [1.165, 1.54) is 0 Å². The Bertz CT molecular complexity index is 1220. The summed E-state index contributed by atoms with van der Waals surface area (Å²) in [6.07, 6.45) is 0. The average Bonchev–Trinajstić information content (AvgIpc) is 2.79. The van der Waals surface area contributed by atoms with Crippen molar-refractivity contribution in [1.29, 1.82) is 0 Å². The molecule has 0 saturated carbocycles. The first kappa shape index (κ1) is 21.7. The molecule has 158 valence electrons. The van der Waals surface area contributed by atoms with Gasteiger partial charge in [0.2, 0.25) is 0 Å². The van der Waals surface area contributed by atoms with Crippen molar-refractivity contribution in [2.75, 3.05) is 0 Å². The lowest BCUT2D eigenvalue weighted by Crippen LogP contribution is -2.18. The van der Waals surface area contributed by atoms with Crippen molar-refractivity contribution in [1.82, 2.24) is 0 Å². The molecule has 0 aliphatic heterocycles. The van der Waals surface area contributed by atoms with Crippen molar-refractivity contribution in [3.05, 3.63) is 120 Å². The van der Waals surface area contributed by atoms with Gasteiger partial charge in [-0.1, -0.05) is 65.7 Å². The summed E-state index contributed by atoms with van der Waals surface area (Å²) in [6.45, 7) is 1.92. The SMILES string of the molecule is Cc1ccc(S(=O)(=O)[OH+]S(c2ccccc2)(c2ccccc2)c2ccc(Cl)cc2)cc1. The van der Waals surface area contributed by atoms with E-state index in [4.69, 9.17) is 15.2 Å². The standard InChI is InChI=1S/C25H21ClO3S2/c1-20-12-16-25(17-13-20)31(27,28)29-30(22-8-4-2-5-9-22,23-10-6-3-7-11-23)24-18-14-21(26)15-19-24/h2-19H,1H3/p+1. The number of benzene rings is 4. The van der Waals surface area contributed by atoms with Crippen molar-refractivity contribution in [3.8, 4) is 0 Å². The molecular weight excluding hydrogens is 448 g/mol. The highest BCUT2D eigenvalue weighted by Gasteiger charge is 2.43. The Hall–Kier alpha value is -2.57. The smallest absolute Gasteiger partial charge is 0.258 e. The van der Waals surface area contributed by atoms with Gasteiger partial charge in [-0.3, -0.25) is 3.63 Å². The molecule has 0 aliphatic carbocycles. The van der Waals surface area contributed by atoms with E-state index < -0.39 is 20.4 Å². The summed E-state index contributed by atoms with van der Waals surface area (Å²) in [5.41, 5.74) is 0.987. The zero-order valence-corrected chi connectivity index (χ0v) is 19.2. The van der Waals surface area contributed by atoms with Gasteiger partial charge in [-0.15, -0.1) is 8.42 Å². The second-order valence-corrected chi connectivity index (χ2v) is 12.1. The largest absolute Gasteiger partial charge is 0.422 e. The maximum absolute atomic E-state index is 13.6. The first-order valence-electron chi connectivity index (χ1n) is 9.67. The molecule has 0 amide bonds. The predicted molar refractivity (Wildman–Crippen MR) is 128 cm³/mol. The molecule has 0 atom stereocenters. The molecule has 0 fully saturated rings. The van der Waals surface area contributed by atoms with Crippen molar-refractivity contribution in [2.45, 2.75) is 26.5 Å². The molecule has 6 heteroatoms. The Kier molecular flexibility index (Phi) is 6.21. The molecule has 0 aromatic heterocycles. The normalized spacial score (nSPS) is 12.5. The van der Waals surface area contributed by atoms with E-state index in [-0.39, 0.29) is 4.90 Å². The summed E-state index contributed by atoms with van der Waals surface area (Å²) in [5.74, 6) is 0. The molecule has 0 unspecified atom stereocenters. The topological polar surface area (TPSA) is 46.9 Å². The second-order valence-electron chi connectivity index (χ2n) is 7.02. The Morgan fingerprint density at radius 3 is 1.48 bits per heavy atom. The third-order valence-corrected chi connectivity index (χ3v) is 10.5. The Labute approximate surface area is 189 Å². The van der Waals surface area contributed by atoms with Gasteiger partial charge in [0.15, 0.2) is 0 Å². The zero-order valence-electron chi connectivity index (χ0n) is 16.9. The van der Waals surface area contributed by atoms with Crippen LogP contribution in [0.15, 0.2) is 129 Å². The van der Waals surface area contributed by atoms with Gasteiger partial charge in [-0.2, -0.15) is 0 Å². The highest BCUT2D eigenvalue weighted by atomic mass is 35.5. The molecule has 1 N–H and O–H groups in total. The summed E-state index contributed by atoms with van der Waals surface area (Å²) in [4.78, 5) is 2.64. The van der Waals surface area contributed by atoms with Crippen LogP contribution in [0, 0.1) is 6.92 Å². The average molecular weight is 470 g/mol. The molecule has 4 aromatic carbocycles. The van der Waals surface area contributed by atoms with E-state index in [9.17, 15) is 8.42 Å². The fourth-order valence-electron chi connectivity index (χ4n) is 3.30. The van der Waals surface area contributed by atoms with Gasteiger partial charge >= 0.3 is 10.1 Å². The van der Waals surface area contributed by atoms with E-state index >= 15 is 0 Å². The highest BCUT2D eigenvalue weighted by Crippen LogP contribution is 2.68. The van der Waals surface area contributed by atoms with Crippen LogP contribution in [0.5, 0.6) is 0 Å². The van der Waals surface area contributed by atoms with E-state index in [1.54, 1.807) is 36.4 Å². The van der Waals surface area contributed by atoms with E-state index in [1.807, 2.05) is 79.7 Å². The van der Waals surface area contributed by atoms with Gasteiger partial charge in [0.1, 0.15) is 4.90 Å². The molecule has 0 saturated heterocycles. The summed E-state index contributed by atoms with van der Waals surface area (Å²) < 4.78 is 31.8. The maximum Gasteiger partial charge on any atom is 0.422 e. The van der Waals surface area contributed by atoms with Gasteiger partial charge < -0.3 is 0 Å². The molecule has 0 aliphatic rings. The maximum atomic E-state index is 13.6. The molecule has 0 bridgehead atoms. The summed E-state index contributed by atoms with van der Waals surface area (Å²) in [7, 11) is -6.45. The third-order valence-electron chi connectivity index (χ3n) is 4.85. The fraction of sp³-hybridized carbons (Fsp3) is 0.0400. The minimum atomic E-state index is -3.96. The van der Waals surface area contributed by atoms with Crippen LogP contribution >= 0.6 is 21.9 Å². The predicted octanol–water partition coefficient (Wildman–Crippen LogP) is 7.33. The molecule has 31 heavy (non-hydrogen) atoms. The van der Waals surface area contributed by atoms with Crippen molar-refractivity contribution >= 4 is 32.0 Å². The lowest BCUT2D eigenvalue weighted by molar-refractivity contribution is 0.387. The van der Waals surface area contributed by atoms with E-state index in [0.717, 1.165) is 20.2 Å². The molecule has 4 rings (SSSR count). The van der Waals surface area contributed by atoms with Crippen LogP contribution in [0.4, 0.5) is 0 Å². The molecular formula is C25H22ClO3S2+. The van der Waals surface area contributed by atoms with Crippen LogP contribution in [0.1, 0.15) is 5.56 Å². The monoisotopic (exact) mass is 469 g/mol. The summed E-state index contributed by atoms with van der Waals surface area (Å²) >= 11 is 6.16. The van der Waals surface area contributed by atoms with Gasteiger partial charge in [-0.25, -0.2) is 0 Å². The molecule has 4 aromatic rings.